The molecule has 1 N–H and O–H groups in total. The van der Waals surface area contributed by atoms with Crippen LogP contribution < -0.4 is 0 Å². The highest BCUT2D eigenvalue weighted by Gasteiger charge is 2.33. The van der Waals surface area contributed by atoms with Crippen molar-refractivity contribution < 1.29 is 13.9 Å². The fourth-order valence-corrected chi connectivity index (χ4v) is 3.21. The highest BCUT2D eigenvalue weighted by molar-refractivity contribution is 5.21. The Morgan fingerprint density at radius 1 is 1.27 bits per heavy atom. The number of β-amino-alcohol motifs (C(OH)–C–C–N with tert-alkyl or cyclic N) is 1. The predicted molar refractivity (Wildman–Crippen MR) is 78.7 cm³/mol. The standard InChI is InChI=1S/C17H19FN2O2/c18-13-5-3-11(4-6-13)15-7-14(21)9-20(15)10-17-19-8-16(22-17)12-1-2-12/h3-6,8,12,14-15,21H,1-2,7,9-10H2/t14-,15-/m0/s1. The lowest BCUT2D eigenvalue weighted by Gasteiger charge is -2.22. The summed E-state index contributed by atoms with van der Waals surface area (Å²) in [5, 5.41) is 10.0. The van der Waals surface area contributed by atoms with Crippen LogP contribution in [0, 0.1) is 5.82 Å². The minimum Gasteiger partial charge on any atom is -0.444 e. The van der Waals surface area contributed by atoms with Gasteiger partial charge in [0.15, 0.2) is 0 Å². The summed E-state index contributed by atoms with van der Waals surface area (Å²) in [4.78, 5) is 6.51. The molecule has 1 aromatic carbocycles. The zero-order chi connectivity index (χ0) is 15.1. The monoisotopic (exact) mass is 302 g/mol. The minimum absolute atomic E-state index is 0.0758. The number of nitrogens with zero attached hydrogens (tertiary/aromatic N) is 2. The van der Waals surface area contributed by atoms with Crippen molar-refractivity contribution in [2.24, 2.45) is 0 Å². The molecule has 0 amide bonds. The number of hydrogen-bond donors (Lipinski definition) is 1. The van der Waals surface area contributed by atoms with E-state index >= 15 is 0 Å². The minimum atomic E-state index is -0.368. The van der Waals surface area contributed by atoms with Crippen molar-refractivity contribution in [1.29, 1.82) is 0 Å². The number of rotatable bonds is 4. The number of aromatic nitrogens is 1. The Kier molecular flexibility index (Phi) is 3.47. The summed E-state index contributed by atoms with van der Waals surface area (Å²) in [5.41, 5.74) is 1.02. The van der Waals surface area contributed by atoms with Crippen molar-refractivity contribution in [3.63, 3.8) is 0 Å². The van der Waals surface area contributed by atoms with Crippen LogP contribution in [0.25, 0.3) is 0 Å². The Morgan fingerprint density at radius 3 is 2.77 bits per heavy atom. The molecule has 1 saturated carbocycles. The maximum absolute atomic E-state index is 13.1. The summed E-state index contributed by atoms with van der Waals surface area (Å²) in [6.45, 7) is 1.16. The Bertz CT molecular complexity index is 651. The molecular weight excluding hydrogens is 283 g/mol. The lowest BCUT2D eigenvalue weighted by molar-refractivity contribution is 0.166. The van der Waals surface area contributed by atoms with Gasteiger partial charge in [0.05, 0.1) is 18.8 Å². The van der Waals surface area contributed by atoms with Crippen LogP contribution in [0.15, 0.2) is 34.9 Å². The van der Waals surface area contributed by atoms with Gasteiger partial charge in [-0.1, -0.05) is 12.1 Å². The van der Waals surface area contributed by atoms with Crippen LogP contribution in [0.4, 0.5) is 4.39 Å². The van der Waals surface area contributed by atoms with Gasteiger partial charge < -0.3 is 9.52 Å². The second-order valence-electron chi connectivity index (χ2n) is 6.32. The van der Waals surface area contributed by atoms with Crippen molar-refractivity contribution >= 4 is 0 Å². The Hall–Kier alpha value is -1.72. The summed E-state index contributed by atoms with van der Waals surface area (Å²) in [6, 6.07) is 6.59. The number of oxazole rings is 1. The molecule has 1 aliphatic carbocycles. The molecule has 1 aromatic heterocycles. The highest BCUT2D eigenvalue weighted by atomic mass is 19.1. The van der Waals surface area contributed by atoms with Crippen molar-refractivity contribution in [3.8, 4) is 0 Å². The number of aliphatic hydroxyl groups excluding tert-OH is 1. The zero-order valence-electron chi connectivity index (χ0n) is 12.3. The van der Waals surface area contributed by atoms with Crippen LogP contribution in [0.5, 0.6) is 0 Å². The first-order valence-electron chi connectivity index (χ1n) is 7.81. The van der Waals surface area contributed by atoms with Gasteiger partial charge in [-0.05, 0) is 37.0 Å². The first kappa shape index (κ1) is 13.9. The van der Waals surface area contributed by atoms with Gasteiger partial charge in [0, 0.05) is 18.5 Å². The van der Waals surface area contributed by atoms with Gasteiger partial charge in [-0.2, -0.15) is 0 Å². The maximum atomic E-state index is 13.1. The number of benzene rings is 1. The van der Waals surface area contributed by atoms with Gasteiger partial charge in [-0.25, -0.2) is 9.37 Å². The third-order valence-corrected chi connectivity index (χ3v) is 4.53. The summed E-state index contributed by atoms with van der Waals surface area (Å²) >= 11 is 0. The van der Waals surface area contributed by atoms with E-state index in [0.29, 0.717) is 31.3 Å². The van der Waals surface area contributed by atoms with Crippen molar-refractivity contribution in [3.05, 3.63) is 53.5 Å². The second kappa shape index (κ2) is 5.48. The molecule has 4 nitrogen and oxygen atoms in total. The molecule has 4 rings (SSSR count). The fraction of sp³-hybridized carbons (Fsp3) is 0.471. The molecule has 2 aromatic rings. The zero-order valence-corrected chi connectivity index (χ0v) is 12.3. The molecule has 1 saturated heterocycles. The van der Waals surface area contributed by atoms with Crippen molar-refractivity contribution in [2.75, 3.05) is 6.54 Å². The van der Waals surface area contributed by atoms with E-state index in [9.17, 15) is 9.50 Å². The number of likely N-dealkylation sites (tertiary alicyclic amines) is 1. The smallest absolute Gasteiger partial charge is 0.208 e. The molecule has 2 atom stereocenters. The van der Waals surface area contributed by atoms with Gasteiger partial charge in [-0.15, -0.1) is 0 Å². The Balaban J connectivity index is 1.51. The molecule has 116 valence electrons. The molecule has 2 heterocycles. The van der Waals surface area contributed by atoms with Crippen LogP contribution in [0.1, 0.15) is 48.4 Å². The Labute approximate surface area is 128 Å². The number of hydrogen-bond acceptors (Lipinski definition) is 4. The van der Waals surface area contributed by atoms with Gasteiger partial charge >= 0.3 is 0 Å². The fourth-order valence-electron chi connectivity index (χ4n) is 3.21. The maximum Gasteiger partial charge on any atom is 0.208 e. The number of aliphatic hydroxyl groups is 1. The number of halogens is 1. The van der Waals surface area contributed by atoms with E-state index in [2.05, 4.69) is 9.88 Å². The SMILES string of the molecule is O[C@H]1C[C@@H](c2ccc(F)cc2)N(Cc2ncc(C3CC3)o2)C1. The molecule has 2 aliphatic rings. The normalized spacial score (nSPS) is 25.7. The lowest BCUT2D eigenvalue weighted by atomic mass is 10.0. The van der Waals surface area contributed by atoms with Crippen molar-refractivity contribution in [2.45, 2.75) is 43.9 Å². The molecule has 5 heteroatoms. The van der Waals surface area contributed by atoms with Crippen LogP contribution >= 0.6 is 0 Å². The van der Waals surface area contributed by atoms with E-state index in [1.165, 1.54) is 25.0 Å². The van der Waals surface area contributed by atoms with E-state index in [0.717, 1.165) is 11.3 Å². The van der Waals surface area contributed by atoms with Crippen LogP contribution in [-0.4, -0.2) is 27.6 Å². The third-order valence-electron chi connectivity index (χ3n) is 4.53. The lowest BCUT2D eigenvalue weighted by Crippen LogP contribution is -2.24. The average Bonchev–Trinajstić information content (AvgIpc) is 3.15. The van der Waals surface area contributed by atoms with E-state index in [1.807, 2.05) is 6.20 Å². The molecule has 0 radical (unpaired) electrons. The molecule has 2 fully saturated rings. The highest BCUT2D eigenvalue weighted by Crippen LogP contribution is 2.40. The molecule has 0 spiro atoms. The molecule has 0 unspecified atom stereocenters. The summed E-state index contributed by atoms with van der Waals surface area (Å²) in [5.74, 6) is 1.99. The van der Waals surface area contributed by atoms with Crippen LogP contribution in [0.2, 0.25) is 0 Å². The van der Waals surface area contributed by atoms with Gasteiger partial charge in [-0.3, -0.25) is 4.90 Å². The van der Waals surface area contributed by atoms with Crippen LogP contribution in [-0.2, 0) is 6.54 Å². The van der Waals surface area contributed by atoms with Crippen LogP contribution in [0.3, 0.4) is 0 Å². The van der Waals surface area contributed by atoms with Gasteiger partial charge in [0.25, 0.3) is 0 Å². The summed E-state index contributed by atoms with van der Waals surface area (Å²) in [7, 11) is 0. The first-order chi connectivity index (χ1) is 10.7. The molecule has 1 aliphatic heterocycles. The topological polar surface area (TPSA) is 49.5 Å². The Morgan fingerprint density at radius 2 is 2.05 bits per heavy atom. The van der Waals surface area contributed by atoms with Gasteiger partial charge in [0.2, 0.25) is 5.89 Å². The molecular formula is C17H19FN2O2. The predicted octanol–water partition coefficient (Wildman–Crippen LogP) is 3.00. The second-order valence-corrected chi connectivity index (χ2v) is 6.32. The largest absolute Gasteiger partial charge is 0.444 e. The van der Waals surface area contributed by atoms with Crippen molar-refractivity contribution in [1.82, 2.24) is 9.88 Å². The summed E-state index contributed by atoms with van der Waals surface area (Å²) < 4.78 is 18.9. The first-order valence-corrected chi connectivity index (χ1v) is 7.81. The van der Waals surface area contributed by atoms with E-state index < -0.39 is 0 Å². The van der Waals surface area contributed by atoms with E-state index in [1.54, 1.807) is 12.1 Å². The molecule has 0 bridgehead atoms. The third kappa shape index (κ3) is 2.78. The quantitative estimate of drug-likeness (QED) is 0.943. The average molecular weight is 302 g/mol. The summed E-state index contributed by atoms with van der Waals surface area (Å²) in [6.07, 6.45) is 4.49. The molecule has 22 heavy (non-hydrogen) atoms. The van der Waals surface area contributed by atoms with E-state index in [-0.39, 0.29) is 18.0 Å². The van der Waals surface area contributed by atoms with Gasteiger partial charge in [0.1, 0.15) is 11.6 Å². The van der Waals surface area contributed by atoms with E-state index in [4.69, 9.17) is 4.42 Å².